The minimum Gasteiger partial charge on any atom is -0.410 e. The molecule has 1 saturated heterocycles. The fourth-order valence-electron chi connectivity index (χ4n) is 3.20. The second-order valence-corrected chi connectivity index (χ2v) is 6.44. The van der Waals surface area contributed by atoms with Gasteiger partial charge in [-0.3, -0.25) is 9.89 Å². The lowest BCUT2D eigenvalue weighted by molar-refractivity contribution is -0.132. The van der Waals surface area contributed by atoms with E-state index in [1.807, 2.05) is 42.5 Å². The Morgan fingerprint density at radius 2 is 1.59 bits per heavy atom. The summed E-state index contributed by atoms with van der Waals surface area (Å²) < 4.78 is 5.35. The second kappa shape index (κ2) is 7.49. The Hall–Kier alpha value is -3.35. The number of fused-ring (bicyclic) bond motifs is 1. The fraction of sp³-hybridized carbons (Fsp3) is 0.250. The van der Waals surface area contributed by atoms with Crippen LogP contribution in [0.15, 0.2) is 54.6 Å². The Morgan fingerprint density at radius 3 is 2.37 bits per heavy atom. The van der Waals surface area contributed by atoms with Gasteiger partial charge in [0.2, 0.25) is 5.91 Å². The van der Waals surface area contributed by atoms with Crippen LogP contribution in [0.4, 0.5) is 4.79 Å². The third-order valence-electron chi connectivity index (χ3n) is 4.71. The predicted octanol–water partition coefficient (Wildman–Crippen LogP) is 2.45. The minimum atomic E-state index is -0.382. The van der Waals surface area contributed by atoms with Gasteiger partial charge >= 0.3 is 6.09 Å². The van der Waals surface area contributed by atoms with E-state index >= 15 is 0 Å². The number of piperazine rings is 1. The summed E-state index contributed by atoms with van der Waals surface area (Å²) in [6, 6.07) is 16.7. The molecule has 2 aromatic carbocycles. The Kier molecular flexibility index (Phi) is 4.74. The van der Waals surface area contributed by atoms with Crippen LogP contribution in [0.3, 0.4) is 0 Å². The van der Waals surface area contributed by atoms with E-state index < -0.39 is 0 Å². The number of aromatic nitrogens is 2. The Morgan fingerprint density at radius 1 is 0.926 bits per heavy atom. The second-order valence-electron chi connectivity index (χ2n) is 6.44. The summed E-state index contributed by atoms with van der Waals surface area (Å²) in [5.74, 6) is 0.549. The highest BCUT2D eigenvalue weighted by Crippen LogP contribution is 2.17. The molecule has 0 unspecified atom stereocenters. The number of aromatic amines is 1. The summed E-state index contributed by atoms with van der Waals surface area (Å²) in [5.41, 5.74) is 1.68. The van der Waals surface area contributed by atoms with Crippen molar-refractivity contribution >= 4 is 22.9 Å². The summed E-state index contributed by atoms with van der Waals surface area (Å²) in [6.45, 7) is 1.91. The number of carbonyl (C=O) groups is 2. The van der Waals surface area contributed by atoms with E-state index in [2.05, 4.69) is 10.2 Å². The average Bonchev–Trinajstić information content (AvgIpc) is 3.12. The minimum absolute atomic E-state index is 0.0282. The van der Waals surface area contributed by atoms with Gasteiger partial charge in [-0.25, -0.2) is 4.79 Å². The molecule has 0 bridgehead atoms. The summed E-state index contributed by atoms with van der Waals surface area (Å²) in [5, 5.41) is 8.15. The van der Waals surface area contributed by atoms with Crippen molar-refractivity contribution in [3.05, 3.63) is 60.3 Å². The Labute approximate surface area is 156 Å². The van der Waals surface area contributed by atoms with Crippen LogP contribution < -0.4 is 4.74 Å². The van der Waals surface area contributed by atoms with Gasteiger partial charge in [0.15, 0.2) is 0 Å². The van der Waals surface area contributed by atoms with Crippen molar-refractivity contribution in [2.75, 3.05) is 26.2 Å². The molecule has 4 rings (SSSR count). The highest BCUT2D eigenvalue weighted by atomic mass is 16.6. The molecule has 2 amide bonds. The van der Waals surface area contributed by atoms with Crippen molar-refractivity contribution in [3.63, 3.8) is 0 Å². The SMILES string of the molecule is O=C(Cc1[nH]nc2ccccc12)N1CCN(C(=O)Oc2ccccc2)CC1. The van der Waals surface area contributed by atoms with Crippen LogP contribution >= 0.6 is 0 Å². The smallest absolute Gasteiger partial charge is 0.410 e. The number of nitrogens with zero attached hydrogens (tertiary/aromatic N) is 3. The van der Waals surface area contributed by atoms with Crippen molar-refractivity contribution in [3.8, 4) is 5.75 Å². The Balaban J connectivity index is 1.32. The molecular formula is C20H20N4O3. The molecule has 0 radical (unpaired) electrons. The molecule has 0 atom stereocenters. The van der Waals surface area contributed by atoms with E-state index in [1.54, 1.807) is 21.9 Å². The van der Waals surface area contributed by atoms with Crippen LogP contribution in [-0.2, 0) is 11.2 Å². The standard InChI is InChI=1S/C20H20N4O3/c25-19(14-18-16-8-4-5-9-17(16)21-22-18)23-10-12-24(13-11-23)20(26)27-15-6-2-1-3-7-15/h1-9H,10-14H2,(H,21,22). The number of amides is 2. The fourth-order valence-corrected chi connectivity index (χ4v) is 3.20. The van der Waals surface area contributed by atoms with Gasteiger partial charge in [-0.2, -0.15) is 5.10 Å². The number of H-pyrrole nitrogens is 1. The van der Waals surface area contributed by atoms with Crippen LogP contribution in [0.25, 0.3) is 10.9 Å². The zero-order chi connectivity index (χ0) is 18.6. The monoisotopic (exact) mass is 364 g/mol. The quantitative estimate of drug-likeness (QED) is 0.774. The lowest BCUT2D eigenvalue weighted by atomic mass is 10.1. The molecule has 1 aromatic heterocycles. The number of para-hydroxylation sites is 2. The maximum Gasteiger partial charge on any atom is 0.415 e. The van der Waals surface area contributed by atoms with Gasteiger partial charge < -0.3 is 14.5 Å². The molecule has 1 aliphatic rings. The van der Waals surface area contributed by atoms with Gasteiger partial charge in [-0.1, -0.05) is 36.4 Å². The van der Waals surface area contributed by atoms with E-state index in [-0.39, 0.29) is 18.4 Å². The highest BCUT2D eigenvalue weighted by Gasteiger charge is 2.26. The summed E-state index contributed by atoms with van der Waals surface area (Å²) in [6.07, 6.45) is -0.109. The van der Waals surface area contributed by atoms with Crippen LogP contribution in [0.5, 0.6) is 5.75 Å². The van der Waals surface area contributed by atoms with Crippen molar-refractivity contribution in [1.82, 2.24) is 20.0 Å². The lowest BCUT2D eigenvalue weighted by Gasteiger charge is -2.34. The third kappa shape index (κ3) is 3.76. The molecule has 0 spiro atoms. The molecule has 138 valence electrons. The maximum absolute atomic E-state index is 12.6. The molecule has 1 fully saturated rings. The molecule has 3 aromatic rings. The zero-order valence-electron chi connectivity index (χ0n) is 14.8. The number of benzene rings is 2. The number of nitrogens with one attached hydrogen (secondary N) is 1. The van der Waals surface area contributed by atoms with Gasteiger partial charge in [0, 0.05) is 31.6 Å². The van der Waals surface area contributed by atoms with E-state index in [0.717, 1.165) is 16.6 Å². The summed E-state index contributed by atoms with van der Waals surface area (Å²) in [7, 11) is 0. The van der Waals surface area contributed by atoms with Crippen molar-refractivity contribution in [2.24, 2.45) is 0 Å². The first-order valence-electron chi connectivity index (χ1n) is 8.92. The summed E-state index contributed by atoms with van der Waals surface area (Å²) in [4.78, 5) is 28.3. The first-order chi connectivity index (χ1) is 13.2. The normalized spacial score (nSPS) is 14.4. The van der Waals surface area contributed by atoms with Crippen LogP contribution in [0, 0.1) is 0 Å². The van der Waals surface area contributed by atoms with E-state index in [9.17, 15) is 9.59 Å². The number of rotatable bonds is 3. The van der Waals surface area contributed by atoms with Crippen LogP contribution in [0.1, 0.15) is 5.69 Å². The van der Waals surface area contributed by atoms with Crippen molar-refractivity contribution in [1.29, 1.82) is 0 Å². The number of carbonyl (C=O) groups excluding carboxylic acids is 2. The Bertz CT molecular complexity index is 946. The lowest BCUT2D eigenvalue weighted by Crippen LogP contribution is -2.51. The van der Waals surface area contributed by atoms with Crippen molar-refractivity contribution in [2.45, 2.75) is 6.42 Å². The topological polar surface area (TPSA) is 78.5 Å². The number of hydrogen-bond acceptors (Lipinski definition) is 4. The summed E-state index contributed by atoms with van der Waals surface area (Å²) >= 11 is 0. The van der Waals surface area contributed by atoms with E-state index in [1.165, 1.54) is 0 Å². The molecule has 0 aliphatic carbocycles. The van der Waals surface area contributed by atoms with Crippen LogP contribution in [-0.4, -0.2) is 58.2 Å². The molecule has 0 saturated carbocycles. The highest BCUT2D eigenvalue weighted by molar-refractivity contribution is 5.87. The predicted molar refractivity (Wildman–Crippen MR) is 100 cm³/mol. The molecular weight excluding hydrogens is 344 g/mol. The van der Waals surface area contributed by atoms with E-state index in [0.29, 0.717) is 31.9 Å². The maximum atomic E-state index is 12.6. The zero-order valence-corrected chi connectivity index (χ0v) is 14.8. The first-order valence-corrected chi connectivity index (χ1v) is 8.92. The number of hydrogen-bond donors (Lipinski definition) is 1. The molecule has 7 heteroatoms. The molecule has 27 heavy (non-hydrogen) atoms. The largest absolute Gasteiger partial charge is 0.415 e. The van der Waals surface area contributed by atoms with E-state index in [4.69, 9.17) is 4.74 Å². The van der Waals surface area contributed by atoms with Crippen LogP contribution in [0.2, 0.25) is 0 Å². The molecule has 2 heterocycles. The van der Waals surface area contributed by atoms with Gasteiger partial charge in [0.1, 0.15) is 5.75 Å². The first kappa shape index (κ1) is 17.1. The van der Waals surface area contributed by atoms with Gasteiger partial charge in [0.05, 0.1) is 17.6 Å². The number of ether oxygens (including phenoxy) is 1. The molecule has 1 N–H and O–H groups in total. The van der Waals surface area contributed by atoms with Gasteiger partial charge in [-0.05, 0) is 18.2 Å². The molecule has 7 nitrogen and oxygen atoms in total. The van der Waals surface area contributed by atoms with Gasteiger partial charge in [0.25, 0.3) is 0 Å². The van der Waals surface area contributed by atoms with Crippen molar-refractivity contribution < 1.29 is 14.3 Å². The van der Waals surface area contributed by atoms with Gasteiger partial charge in [-0.15, -0.1) is 0 Å². The third-order valence-corrected chi connectivity index (χ3v) is 4.71. The molecule has 1 aliphatic heterocycles. The average molecular weight is 364 g/mol.